The van der Waals surface area contributed by atoms with Crippen molar-refractivity contribution in [3.05, 3.63) is 50.0 Å². The van der Waals surface area contributed by atoms with Crippen LogP contribution in [0.25, 0.3) is 0 Å². The smallest absolute Gasteiger partial charge is 0.149 e. The summed E-state index contributed by atoms with van der Waals surface area (Å²) in [5.41, 5.74) is 0.110. The van der Waals surface area contributed by atoms with Crippen LogP contribution in [0.5, 0.6) is 0 Å². The molecule has 1 N–H and O–H groups in total. The highest BCUT2D eigenvalue weighted by atomic mass is 79.9. The molecule has 1 aromatic carbocycles. The first-order valence-electron chi connectivity index (χ1n) is 4.70. The summed E-state index contributed by atoms with van der Waals surface area (Å²) in [5, 5.41) is 3.20. The van der Waals surface area contributed by atoms with Crippen LogP contribution in [0, 0.1) is 11.6 Å². The molecule has 0 fully saturated rings. The molecule has 2 aromatic rings. The van der Waals surface area contributed by atoms with Crippen LogP contribution >= 0.6 is 43.5 Å². The molecular weight excluding hydrogens is 393 g/mol. The van der Waals surface area contributed by atoms with E-state index in [2.05, 4.69) is 42.2 Å². The van der Waals surface area contributed by atoms with Crippen LogP contribution < -0.4 is 5.32 Å². The molecular formula is C11H5Br2ClF2N2. The van der Waals surface area contributed by atoms with Gasteiger partial charge in [0.15, 0.2) is 0 Å². The molecule has 0 radical (unpaired) electrons. The van der Waals surface area contributed by atoms with Crippen molar-refractivity contribution in [1.29, 1.82) is 0 Å². The molecule has 1 aromatic heterocycles. The van der Waals surface area contributed by atoms with Crippen molar-refractivity contribution in [2.45, 2.75) is 0 Å². The Labute approximate surface area is 124 Å². The topological polar surface area (TPSA) is 24.9 Å². The van der Waals surface area contributed by atoms with E-state index in [9.17, 15) is 8.78 Å². The third kappa shape index (κ3) is 2.99. The van der Waals surface area contributed by atoms with Crippen LogP contribution in [-0.2, 0) is 0 Å². The van der Waals surface area contributed by atoms with E-state index in [0.29, 0.717) is 15.3 Å². The summed E-state index contributed by atoms with van der Waals surface area (Å²) in [5.74, 6) is -0.989. The molecule has 0 atom stereocenters. The van der Waals surface area contributed by atoms with Gasteiger partial charge in [-0.1, -0.05) is 11.6 Å². The molecule has 18 heavy (non-hydrogen) atoms. The highest BCUT2D eigenvalue weighted by molar-refractivity contribution is 9.10. The second-order valence-electron chi connectivity index (χ2n) is 3.36. The van der Waals surface area contributed by atoms with E-state index in [4.69, 9.17) is 11.6 Å². The SMILES string of the molecule is Fc1cc(F)c(Nc2ncc(Cl)cc2Br)cc1Br. The number of nitrogens with zero attached hydrogens (tertiary/aromatic N) is 1. The van der Waals surface area contributed by atoms with E-state index in [0.717, 1.165) is 6.07 Å². The minimum atomic E-state index is -0.709. The maximum Gasteiger partial charge on any atom is 0.149 e. The number of benzene rings is 1. The van der Waals surface area contributed by atoms with E-state index in [1.54, 1.807) is 6.07 Å². The average molecular weight is 398 g/mol. The molecule has 7 heteroatoms. The molecule has 0 saturated carbocycles. The van der Waals surface area contributed by atoms with Gasteiger partial charge in [-0.2, -0.15) is 0 Å². The minimum absolute atomic E-state index is 0.110. The maximum absolute atomic E-state index is 13.5. The molecule has 0 unspecified atom stereocenters. The summed E-state index contributed by atoms with van der Waals surface area (Å²) in [6.07, 6.45) is 1.42. The molecule has 0 amide bonds. The van der Waals surface area contributed by atoms with E-state index < -0.39 is 11.6 Å². The molecule has 0 aliphatic heterocycles. The highest BCUT2D eigenvalue weighted by Crippen LogP contribution is 2.29. The fourth-order valence-electron chi connectivity index (χ4n) is 1.25. The van der Waals surface area contributed by atoms with Crippen LogP contribution in [0.1, 0.15) is 0 Å². The monoisotopic (exact) mass is 396 g/mol. The normalized spacial score (nSPS) is 10.5. The van der Waals surface area contributed by atoms with Crippen LogP contribution in [0.4, 0.5) is 20.3 Å². The van der Waals surface area contributed by atoms with Crippen molar-refractivity contribution in [3.8, 4) is 0 Å². The molecule has 0 bridgehead atoms. The molecule has 0 saturated heterocycles. The van der Waals surface area contributed by atoms with Gasteiger partial charge in [-0.15, -0.1) is 0 Å². The summed E-state index contributed by atoms with van der Waals surface area (Å²) in [6, 6.07) is 3.71. The van der Waals surface area contributed by atoms with E-state index in [-0.39, 0.29) is 10.2 Å². The Bertz CT molecular complexity index is 608. The minimum Gasteiger partial charge on any atom is -0.337 e. The average Bonchev–Trinajstić information content (AvgIpc) is 2.29. The fraction of sp³-hybridized carbons (Fsp3) is 0. The summed E-state index contributed by atoms with van der Waals surface area (Å²) >= 11 is 12.0. The first-order valence-corrected chi connectivity index (χ1v) is 6.66. The van der Waals surface area contributed by atoms with Crippen molar-refractivity contribution in [3.63, 3.8) is 0 Å². The fourth-order valence-corrected chi connectivity index (χ4v) is 2.33. The van der Waals surface area contributed by atoms with Crippen molar-refractivity contribution in [2.75, 3.05) is 5.32 Å². The zero-order chi connectivity index (χ0) is 13.3. The van der Waals surface area contributed by atoms with Crippen LogP contribution in [0.2, 0.25) is 5.02 Å². The lowest BCUT2D eigenvalue weighted by molar-refractivity contribution is 0.581. The Balaban J connectivity index is 2.37. The third-order valence-corrected chi connectivity index (χ3v) is 3.49. The third-order valence-electron chi connectivity index (χ3n) is 2.07. The van der Waals surface area contributed by atoms with E-state index in [1.165, 1.54) is 12.3 Å². The summed E-state index contributed by atoms with van der Waals surface area (Å²) in [7, 11) is 0. The van der Waals surface area contributed by atoms with Gasteiger partial charge in [-0.25, -0.2) is 13.8 Å². The Morgan fingerprint density at radius 3 is 2.44 bits per heavy atom. The largest absolute Gasteiger partial charge is 0.337 e. The van der Waals surface area contributed by atoms with Gasteiger partial charge < -0.3 is 5.32 Å². The number of aromatic nitrogens is 1. The molecule has 94 valence electrons. The Morgan fingerprint density at radius 2 is 1.78 bits per heavy atom. The van der Waals surface area contributed by atoms with Crippen molar-refractivity contribution < 1.29 is 8.78 Å². The first kappa shape index (κ1) is 13.7. The molecule has 0 aliphatic carbocycles. The van der Waals surface area contributed by atoms with Gasteiger partial charge in [0.05, 0.1) is 19.7 Å². The first-order chi connectivity index (χ1) is 8.47. The highest BCUT2D eigenvalue weighted by Gasteiger charge is 2.10. The number of hydrogen-bond donors (Lipinski definition) is 1. The molecule has 1 heterocycles. The van der Waals surface area contributed by atoms with Gasteiger partial charge in [0.1, 0.15) is 17.5 Å². The lowest BCUT2D eigenvalue weighted by Gasteiger charge is -2.09. The van der Waals surface area contributed by atoms with Gasteiger partial charge in [0.25, 0.3) is 0 Å². The number of rotatable bonds is 2. The summed E-state index contributed by atoms with van der Waals surface area (Å²) in [4.78, 5) is 4.00. The Hall–Kier alpha value is -0.720. The second kappa shape index (κ2) is 5.50. The molecule has 2 nitrogen and oxygen atoms in total. The molecule has 0 spiro atoms. The van der Waals surface area contributed by atoms with Crippen molar-refractivity contribution in [2.24, 2.45) is 0 Å². The number of anilines is 2. The standard InChI is InChI=1S/C11H5Br2ClF2N2/c12-6-2-10(9(16)3-8(6)15)18-11-7(13)1-5(14)4-17-11/h1-4H,(H,17,18). The zero-order valence-electron chi connectivity index (χ0n) is 8.65. The van der Waals surface area contributed by atoms with Crippen LogP contribution in [0.3, 0.4) is 0 Å². The quantitative estimate of drug-likeness (QED) is 0.696. The van der Waals surface area contributed by atoms with Crippen molar-refractivity contribution >= 4 is 55.0 Å². The van der Waals surface area contributed by atoms with Gasteiger partial charge in [-0.3, -0.25) is 0 Å². The van der Waals surface area contributed by atoms with Crippen LogP contribution in [0.15, 0.2) is 33.3 Å². The van der Waals surface area contributed by atoms with Gasteiger partial charge in [0.2, 0.25) is 0 Å². The van der Waals surface area contributed by atoms with Gasteiger partial charge in [-0.05, 0) is 44.0 Å². The molecule has 2 rings (SSSR count). The number of hydrogen-bond acceptors (Lipinski definition) is 2. The zero-order valence-corrected chi connectivity index (χ0v) is 12.6. The van der Waals surface area contributed by atoms with Crippen molar-refractivity contribution in [1.82, 2.24) is 4.98 Å². The van der Waals surface area contributed by atoms with Crippen LogP contribution in [-0.4, -0.2) is 4.98 Å². The summed E-state index contributed by atoms with van der Waals surface area (Å²) in [6.45, 7) is 0. The lowest BCUT2D eigenvalue weighted by atomic mass is 10.3. The van der Waals surface area contributed by atoms with Gasteiger partial charge in [0, 0.05) is 12.3 Å². The number of nitrogens with one attached hydrogen (secondary N) is 1. The predicted octanol–water partition coefficient (Wildman–Crippen LogP) is 5.28. The Kier molecular flexibility index (Phi) is 4.19. The number of pyridine rings is 1. The lowest BCUT2D eigenvalue weighted by Crippen LogP contribution is -1.98. The molecule has 0 aliphatic rings. The maximum atomic E-state index is 13.5. The van der Waals surface area contributed by atoms with E-state index >= 15 is 0 Å². The number of halogens is 5. The van der Waals surface area contributed by atoms with Gasteiger partial charge >= 0.3 is 0 Å². The second-order valence-corrected chi connectivity index (χ2v) is 5.50. The van der Waals surface area contributed by atoms with E-state index in [1.807, 2.05) is 0 Å². The Morgan fingerprint density at radius 1 is 1.06 bits per heavy atom. The predicted molar refractivity (Wildman–Crippen MR) is 74.3 cm³/mol. The summed E-state index contributed by atoms with van der Waals surface area (Å²) < 4.78 is 27.4.